The molecule has 1 aromatic carbocycles. The summed E-state index contributed by atoms with van der Waals surface area (Å²) in [7, 11) is 0. The molecular weight excluding hydrogens is 484 g/mol. The average Bonchev–Trinajstić information content (AvgIpc) is 3.50. The molecule has 0 fully saturated rings. The predicted molar refractivity (Wildman–Crippen MR) is 127 cm³/mol. The molecule has 0 radical (unpaired) electrons. The lowest BCUT2D eigenvalue weighted by Crippen LogP contribution is -2.39. The molecule has 0 bridgehead atoms. The van der Waals surface area contributed by atoms with Gasteiger partial charge in [-0.1, -0.05) is 6.08 Å². The minimum absolute atomic E-state index is 0.117. The highest BCUT2D eigenvalue weighted by Crippen LogP contribution is 2.37. The fraction of sp³-hybridized carbons (Fsp3) is 0.261. The molecule has 2 heterocycles. The van der Waals surface area contributed by atoms with E-state index in [-0.39, 0.29) is 30.8 Å². The van der Waals surface area contributed by atoms with Gasteiger partial charge in [0.05, 0.1) is 5.76 Å². The highest BCUT2D eigenvalue weighted by atomic mass is 32.1. The minimum atomic E-state index is -1.12. The topological polar surface area (TPSA) is 106 Å². The van der Waals surface area contributed by atoms with Crippen LogP contribution >= 0.6 is 22.7 Å². The van der Waals surface area contributed by atoms with Crippen molar-refractivity contribution < 1.29 is 28.2 Å². The number of rotatable bonds is 9. The van der Waals surface area contributed by atoms with Gasteiger partial charge in [0.25, 0.3) is 5.91 Å². The van der Waals surface area contributed by atoms with Crippen molar-refractivity contribution in [3.8, 4) is 0 Å². The number of halogens is 2. The van der Waals surface area contributed by atoms with E-state index in [0.717, 1.165) is 15.2 Å². The number of carboxylic acid groups (broad SMARTS) is 1. The number of carboxylic acids is 1. The van der Waals surface area contributed by atoms with Crippen LogP contribution in [0.2, 0.25) is 0 Å². The number of hydrogen-bond acceptors (Lipinski definition) is 7. The lowest BCUT2D eigenvalue weighted by Gasteiger charge is -2.18. The van der Waals surface area contributed by atoms with Crippen molar-refractivity contribution in [1.82, 2.24) is 9.88 Å². The number of nitrogens with zero attached hydrogens (tertiary/aromatic N) is 2. The number of allylic oxidation sites excluding steroid dienone is 4. The van der Waals surface area contributed by atoms with Gasteiger partial charge in [0.15, 0.2) is 11.6 Å². The highest BCUT2D eigenvalue weighted by molar-refractivity contribution is 7.17. The lowest BCUT2D eigenvalue weighted by molar-refractivity contribution is -0.137. The number of amides is 1. The molecule has 0 unspecified atom stereocenters. The summed E-state index contributed by atoms with van der Waals surface area (Å²) in [6, 6.07) is 2.83. The number of aromatic nitrogens is 1. The Morgan fingerprint density at radius 1 is 1.24 bits per heavy atom. The molecule has 0 spiro atoms. The first-order chi connectivity index (χ1) is 16.4. The molecule has 1 aliphatic carbocycles. The second-order valence-electron chi connectivity index (χ2n) is 7.53. The van der Waals surface area contributed by atoms with Crippen molar-refractivity contribution in [1.29, 1.82) is 0 Å². The van der Waals surface area contributed by atoms with E-state index >= 15 is 0 Å². The quantitative estimate of drug-likeness (QED) is 0.447. The Kier molecular flexibility index (Phi) is 7.35. The first-order valence-corrected chi connectivity index (χ1v) is 12.2. The fourth-order valence-electron chi connectivity index (χ4n) is 3.64. The smallest absolute Gasteiger partial charge is 0.323 e. The second-order valence-corrected chi connectivity index (χ2v) is 9.39. The van der Waals surface area contributed by atoms with E-state index in [1.54, 1.807) is 22.9 Å². The van der Waals surface area contributed by atoms with Gasteiger partial charge in [-0.3, -0.25) is 9.59 Å². The van der Waals surface area contributed by atoms with Crippen molar-refractivity contribution in [3.63, 3.8) is 0 Å². The molecule has 4 rings (SSSR count). The molecule has 34 heavy (non-hydrogen) atoms. The van der Waals surface area contributed by atoms with Gasteiger partial charge in [0.2, 0.25) is 0 Å². The Hall–Kier alpha value is -3.15. The van der Waals surface area contributed by atoms with Crippen LogP contribution in [-0.4, -0.2) is 46.5 Å². The summed E-state index contributed by atoms with van der Waals surface area (Å²) in [4.78, 5) is 28.9. The summed E-state index contributed by atoms with van der Waals surface area (Å²) >= 11 is 2.62. The summed E-state index contributed by atoms with van der Waals surface area (Å²) in [6.07, 6.45) is 4.83. The molecular formula is C23H21F2N3O4S2. The molecule has 0 aliphatic heterocycles. The van der Waals surface area contributed by atoms with Crippen molar-refractivity contribution in [3.05, 3.63) is 68.7 Å². The van der Waals surface area contributed by atoms with Crippen LogP contribution in [0.25, 0.3) is 15.7 Å². The van der Waals surface area contributed by atoms with Crippen LogP contribution in [0.5, 0.6) is 0 Å². The number of benzene rings is 1. The molecule has 3 aromatic rings. The monoisotopic (exact) mass is 505 g/mol. The van der Waals surface area contributed by atoms with E-state index in [1.807, 2.05) is 6.08 Å². The van der Waals surface area contributed by atoms with Gasteiger partial charge < -0.3 is 20.5 Å². The maximum absolute atomic E-state index is 14.0. The van der Waals surface area contributed by atoms with Crippen LogP contribution in [0.4, 0.5) is 8.78 Å². The normalized spacial score (nSPS) is 13.5. The minimum Gasteiger partial charge on any atom is -0.491 e. The summed E-state index contributed by atoms with van der Waals surface area (Å²) in [5.41, 5.74) is 7.21. The van der Waals surface area contributed by atoms with E-state index in [2.05, 4.69) is 4.98 Å². The lowest BCUT2D eigenvalue weighted by atomic mass is 9.95. The number of ether oxygens (including phenoxy) is 1. The van der Waals surface area contributed by atoms with Crippen molar-refractivity contribution in [2.45, 2.75) is 19.4 Å². The molecule has 1 amide bonds. The number of aliphatic carboxylic acids is 1. The largest absolute Gasteiger partial charge is 0.491 e. The van der Waals surface area contributed by atoms with E-state index in [4.69, 9.17) is 15.6 Å². The van der Waals surface area contributed by atoms with Crippen LogP contribution in [0.15, 0.2) is 40.8 Å². The molecule has 7 nitrogen and oxygen atoms in total. The van der Waals surface area contributed by atoms with Gasteiger partial charge in [-0.05, 0) is 41.1 Å². The van der Waals surface area contributed by atoms with E-state index in [9.17, 15) is 18.4 Å². The van der Waals surface area contributed by atoms with E-state index < -0.39 is 30.1 Å². The first-order valence-electron chi connectivity index (χ1n) is 10.4. The fourth-order valence-corrected chi connectivity index (χ4v) is 5.26. The van der Waals surface area contributed by atoms with Crippen LogP contribution in [-0.2, 0) is 16.1 Å². The standard InChI is InChI=1S/C23H21F2N3O4S2/c24-17-9-16(22-15(21(17)25)5-8-33-22)13-1-3-14(4-2-13)32-11-19-27-18(12-34-19)23(31)28(7-6-26)10-20(29)30/h1,3,5,8-9,12H,2,4,6-7,10-11,26H2,(H,29,30). The summed E-state index contributed by atoms with van der Waals surface area (Å²) < 4.78 is 34.6. The van der Waals surface area contributed by atoms with Crippen LogP contribution in [0, 0.1) is 11.6 Å². The highest BCUT2D eigenvalue weighted by Gasteiger charge is 2.21. The third-order valence-corrected chi connectivity index (χ3v) is 7.02. The summed E-state index contributed by atoms with van der Waals surface area (Å²) in [5, 5.41) is 13.1. The SMILES string of the molecule is NCCN(CC(=O)O)C(=O)c1csc(COC2=CC=C(c3cc(F)c(F)c4ccsc34)CC2)n1. The number of fused-ring (bicyclic) bond motifs is 1. The number of carbonyl (C=O) groups excluding carboxylic acids is 1. The second kappa shape index (κ2) is 10.4. The Morgan fingerprint density at radius 3 is 2.76 bits per heavy atom. The van der Waals surface area contributed by atoms with Crippen LogP contribution in [0.1, 0.15) is 33.9 Å². The maximum atomic E-state index is 14.0. The molecule has 0 saturated heterocycles. The van der Waals surface area contributed by atoms with Crippen molar-refractivity contribution in [2.75, 3.05) is 19.6 Å². The molecule has 0 saturated carbocycles. The van der Waals surface area contributed by atoms with Gasteiger partial charge in [-0.25, -0.2) is 13.8 Å². The van der Waals surface area contributed by atoms with Crippen molar-refractivity contribution in [2.24, 2.45) is 5.73 Å². The van der Waals surface area contributed by atoms with Gasteiger partial charge >= 0.3 is 5.97 Å². The zero-order valence-electron chi connectivity index (χ0n) is 17.9. The molecule has 3 N–H and O–H groups in total. The Morgan fingerprint density at radius 2 is 2.06 bits per heavy atom. The molecule has 0 atom stereocenters. The average molecular weight is 506 g/mol. The van der Waals surface area contributed by atoms with E-state index in [1.165, 1.54) is 28.7 Å². The third kappa shape index (κ3) is 5.16. The molecule has 178 valence electrons. The predicted octanol–water partition coefficient (Wildman–Crippen LogP) is 4.40. The number of carbonyl (C=O) groups is 2. The Bertz CT molecular complexity index is 1300. The molecule has 11 heteroatoms. The van der Waals surface area contributed by atoms with Crippen LogP contribution in [0.3, 0.4) is 0 Å². The number of thiazole rings is 1. The number of nitrogens with two attached hydrogens (primary N) is 1. The van der Waals surface area contributed by atoms with Gasteiger partial charge in [-0.15, -0.1) is 22.7 Å². The Balaban J connectivity index is 1.42. The van der Waals surface area contributed by atoms with Gasteiger partial charge in [-0.2, -0.15) is 0 Å². The summed E-state index contributed by atoms with van der Waals surface area (Å²) in [5.74, 6) is -2.60. The van der Waals surface area contributed by atoms with E-state index in [0.29, 0.717) is 29.2 Å². The molecule has 1 aliphatic rings. The Labute approximate surface area is 201 Å². The number of hydrogen-bond donors (Lipinski definition) is 2. The number of thiophene rings is 1. The van der Waals surface area contributed by atoms with Crippen molar-refractivity contribution >= 4 is 50.2 Å². The maximum Gasteiger partial charge on any atom is 0.323 e. The first kappa shape index (κ1) is 24.0. The molecule has 2 aromatic heterocycles. The van der Waals surface area contributed by atoms with Crippen LogP contribution < -0.4 is 5.73 Å². The van der Waals surface area contributed by atoms with Gasteiger partial charge in [0, 0.05) is 35.0 Å². The zero-order valence-corrected chi connectivity index (χ0v) is 19.6. The third-order valence-electron chi connectivity index (χ3n) is 5.25. The van der Waals surface area contributed by atoms with Gasteiger partial charge in [0.1, 0.15) is 23.9 Å². The summed E-state index contributed by atoms with van der Waals surface area (Å²) in [6.45, 7) is -0.0308. The zero-order chi connectivity index (χ0) is 24.2.